The predicted octanol–water partition coefficient (Wildman–Crippen LogP) is 4.06. The first-order valence-corrected chi connectivity index (χ1v) is 8.93. The van der Waals surface area contributed by atoms with Gasteiger partial charge in [0, 0.05) is 18.6 Å². The van der Waals surface area contributed by atoms with Gasteiger partial charge in [0.2, 0.25) is 0 Å². The molecule has 2 aliphatic rings. The maximum atomic E-state index is 3.87. The highest BCUT2D eigenvalue weighted by atomic mass is 15.2. The van der Waals surface area contributed by atoms with Gasteiger partial charge in [0.15, 0.2) is 0 Å². The molecule has 0 aromatic rings. The Bertz CT molecular complexity index is 276. The van der Waals surface area contributed by atoms with Gasteiger partial charge in [-0.1, -0.05) is 40.0 Å². The molecule has 2 unspecified atom stereocenters. The Hall–Kier alpha value is -0.0800. The van der Waals surface area contributed by atoms with E-state index in [0.29, 0.717) is 5.41 Å². The van der Waals surface area contributed by atoms with Crippen LogP contribution in [0.2, 0.25) is 0 Å². The number of hydrogen-bond acceptors (Lipinski definition) is 2. The molecular formula is C18H36N2. The van der Waals surface area contributed by atoms with E-state index in [0.717, 1.165) is 18.0 Å². The molecule has 0 bridgehead atoms. The molecule has 0 aromatic heterocycles. The van der Waals surface area contributed by atoms with Crippen molar-refractivity contribution in [1.29, 1.82) is 0 Å². The quantitative estimate of drug-likeness (QED) is 0.839. The van der Waals surface area contributed by atoms with Gasteiger partial charge in [-0.2, -0.15) is 0 Å². The molecule has 20 heavy (non-hydrogen) atoms. The summed E-state index contributed by atoms with van der Waals surface area (Å²) in [5.41, 5.74) is 0.458. The normalized spacial score (nSPS) is 31.2. The van der Waals surface area contributed by atoms with Gasteiger partial charge in [0.25, 0.3) is 0 Å². The van der Waals surface area contributed by atoms with Crippen LogP contribution in [-0.4, -0.2) is 36.6 Å². The van der Waals surface area contributed by atoms with Crippen LogP contribution < -0.4 is 5.32 Å². The van der Waals surface area contributed by atoms with Crippen molar-refractivity contribution >= 4 is 0 Å². The highest BCUT2D eigenvalue weighted by Crippen LogP contribution is 2.29. The highest BCUT2D eigenvalue weighted by molar-refractivity contribution is 4.87. The first-order valence-electron chi connectivity index (χ1n) is 8.93. The van der Waals surface area contributed by atoms with Gasteiger partial charge in [0.1, 0.15) is 0 Å². The lowest BCUT2D eigenvalue weighted by molar-refractivity contribution is 0.153. The van der Waals surface area contributed by atoms with Crippen molar-refractivity contribution in [2.75, 3.05) is 19.6 Å². The van der Waals surface area contributed by atoms with Crippen LogP contribution in [0.25, 0.3) is 0 Å². The van der Waals surface area contributed by atoms with Crippen LogP contribution in [0.1, 0.15) is 72.6 Å². The van der Waals surface area contributed by atoms with E-state index in [4.69, 9.17) is 0 Å². The van der Waals surface area contributed by atoms with E-state index >= 15 is 0 Å². The number of rotatable bonds is 3. The molecule has 2 heteroatoms. The fourth-order valence-corrected chi connectivity index (χ4v) is 3.80. The summed E-state index contributed by atoms with van der Waals surface area (Å²) in [6, 6.07) is 1.50. The van der Waals surface area contributed by atoms with Crippen molar-refractivity contribution in [2.24, 2.45) is 11.3 Å². The van der Waals surface area contributed by atoms with Crippen LogP contribution in [0.5, 0.6) is 0 Å². The molecule has 1 saturated carbocycles. The van der Waals surface area contributed by atoms with Crippen LogP contribution in [-0.2, 0) is 0 Å². The van der Waals surface area contributed by atoms with Gasteiger partial charge in [-0.25, -0.2) is 0 Å². The lowest BCUT2D eigenvalue weighted by Crippen LogP contribution is -2.45. The number of hydrogen-bond donors (Lipinski definition) is 1. The molecule has 1 aliphatic carbocycles. The van der Waals surface area contributed by atoms with Crippen molar-refractivity contribution in [2.45, 2.75) is 84.7 Å². The van der Waals surface area contributed by atoms with E-state index in [1.165, 1.54) is 64.6 Å². The molecule has 0 radical (unpaired) electrons. The van der Waals surface area contributed by atoms with Crippen LogP contribution in [0, 0.1) is 11.3 Å². The van der Waals surface area contributed by atoms with Crippen molar-refractivity contribution in [3.05, 3.63) is 0 Å². The summed E-state index contributed by atoms with van der Waals surface area (Å²) in [6.07, 6.45) is 9.93. The molecule has 1 saturated heterocycles. The standard InChI is InChI=1S/C18H36N2/c1-15-10-12-19-17(16-8-6-5-7-9-16)14-20(15)13-11-18(2,3)4/h15-17,19H,5-14H2,1-4H3. The summed E-state index contributed by atoms with van der Waals surface area (Å²) in [5, 5.41) is 3.87. The fraction of sp³-hybridized carbons (Fsp3) is 1.00. The summed E-state index contributed by atoms with van der Waals surface area (Å²) in [6.45, 7) is 13.3. The Morgan fingerprint density at radius 2 is 1.75 bits per heavy atom. The molecular weight excluding hydrogens is 244 g/mol. The number of nitrogens with zero attached hydrogens (tertiary/aromatic N) is 1. The molecule has 118 valence electrons. The van der Waals surface area contributed by atoms with Crippen molar-refractivity contribution < 1.29 is 0 Å². The lowest BCUT2D eigenvalue weighted by atomic mass is 9.83. The third kappa shape index (κ3) is 5.04. The molecule has 2 rings (SSSR count). The maximum Gasteiger partial charge on any atom is 0.0223 e. The Labute approximate surface area is 126 Å². The fourth-order valence-electron chi connectivity index (χ4n) is 3.80. The van der Waals surface area contributed by atoms with Gasteiger partial charge in [-0.05, 0) is 57.0 Å². The third-order valence-electron chi connectivity index (χ3n) is 5.39. The summed E-state index contributed by atoms with van der Waals surface area (Å²) < 4.78 is 0. The Kier molecular flexibility index (Phi) is 5.92. The van der Waals surface area contributed by atoms with E-state index in [9.17, 15) is 0 Å². The van der Waals surface area contributed by atoms with Crippen molar-refractivity contribution in [3.63, 3.8) is 0 Å². The zero-order valence-corrected chi connectivity index (χ0v) is 14.3. The van der Waals surface area contributed by atoms with Crippen LogP contribution in [0.3, 0.4) is 0 Å². The summed E-state index contributed by atoms with van der Waals surface area (Å²) in [5.74, 6) is 0.936. The van der Waals surface area contributed by atoms with Crippen molar-refractivity contribution in [1.82, 2.24) is 10.2 Å². The molecule has 1 aliphatic heterocycles. The first kappa shape index (κ1) is 16.3. The average Bonchev–Trinajstić information content (AvgIpc) is 2.59. The highest BCUT2D eigenvalue weighted by Gasteiger charge is 2.29. The van der Waals surface area contributed by atoms with E-state index in [-0.39, 0.29) is 0 Å². The van der Waals surface area contributed by atoms with Crippen LogP contribution >= 0.6 is 0 Å². The Morgan fingerprint density at radius 3 is 2.40 bits per heavy atom. The molecule has 2 fully saturated rings. The predicted molar refractivity (Wildman–Crippen MR) is 88.1 cm³/mol. The molecule has 0 amide bonds. The van der Waals surface area contributed by atoms with Gasteiger partial charge in [-0.15, -0.1) is 0 Å². The minimum absolute atomic E-state index is 0.458. The van der Waals surface area contributed by atoms with Crippen molar-refractivity contribution in [3.8, 4) is 0 Å². The zero-order valence-electron chi connectivity index (χ0n) is 14.3. The van der Waals surface area contributed by atoms with E-state index in [1.807, 2.05) is 0 Å². The van der Waals surface area contributed by atoms with Gasteiger partial charge in [0.05, 0.1) is 0 Å². The second-order valence-corrected chi connectivity index (χ2v) is 8.40. The SMILES string of the molecule is CC1CCNC(C2CCCCC2)CN1CCC(C)(C)C. The third-order valence-corrected chi connectivity index (χ3v) is 5.39. The number of nitrogens with one attached hydrogen (secondary N) is 1. The summed E-state index contributed by atoms with van der Waals surface area (Å²) in [4.78, 5) is 2.77. The summed E-state index contributed by atoms with van der Waals surface area (Å²) >= 11 is 0. The summed E-state index contributed by atoms with van der Waals surface area (Å²) in [7, 11) is 0. The topological polar surface area (TPSA) is 15.3 Å². The monoisotopic (exact) mass is 280 g/mol. The van der Waals surface area contributed by atoms with Gasteiger partial charge in [-0.3, -0.25) is 4.90 Å². The molecule has 1 N–H and O–H groups in total. The Morgan fingerprint density at radius 1 is 1.05 bits per heavy atom. The molecule has 2 atom stereocenters. The lowest BCUT2D eigenvalue weighted by Gasteiger charge is -2.35. The van der Waals surface area contributed by atoms with Gasteiger partial charge >= 0.3 is 0 Å². The van der Waals surface area contributed by atoms with Gasteiger partial charge < -0.3 is 5.32 Å². The molecule has 1 heterocycles. The van der Waals surface area contributed by atoms with Crippen LogP contribution in [0.4, 0.5) is 0 Å². The largest absolute Gasteiger partial charge is 0.312 e. The second-order valence-electron chi connectivity index (χ2n) is 8.40. The van der Waals surface area contributed by atoms with E-state index in [2.05, 4.69) is 37.9 Å². The molecule has 0 aromatic carbocycles. The van der Waals surface area contributed by atoms with E-state index < -0.39 is 0 Å². The van der Waals surface area contributed by atoms with Crippen LogP contribution in [0.15, 0.2) is 0 Å². The minimum atomic E-state index is 0.458. The molecule has 2 nitrogen and oxygen atoms in total. The maximum absolute atomic E-state index is 3.87. The average molecular weight is 280 g/mol. The second kappa shape index (κ2) is 7.26. The Balaban J connectivity index is 1.91. The minimum Gasteiger partial charge on any atom is -0.312 e. The molecule has 0 spiro atoms. The first-order chi connectivity index (χ1) is 9.46. The zero-order chi connectivity index (χ0) is 14.6. The smallest absolute Gasteiger partial charge is 0.0223 e. The van der Waals surface area contributed by atoms with E-state index in [1.54, 1.807) is 0 Å².